The van der Waals surface area contributed by atoms with Crippen molar-refractivity contribution in [2.45, 2.75) is 12.4 Å². The molecule has 26 heavy (non-hydrogen) atoms. The van der Waals surface area contributed by atoms with Crippen LogP contribution < -0.4 is 14.8 Å². The molecule has 0 saturated carbocycles. The fourth-order valence-corrected chi connectivity index (χ4v) is 2.92. The summed E-state index contributed by atoms with van der Waals surface area (Å²) < 4.78 is 54.6. The van der Waals surface area contributed by atoms with E-state index in [2.05, 4.69) is 5.32 Å². The van der Waals surface area contributed by atoms with Crippen molar-refractivity contribution < 1.29 is 32.2 Å². The van der Waals surface area contributed by atoms with E-state index >= 15 is 0 Å². The van der Waals surface area contributed by atoms with E-state index in [4.69, 9.17) is 25.8 Å². The monoisotopic (exact) mass is 387 g/mol. The van der Waals surface area contributed by atoms with Gasteiger partial charge in [0.2, 0.25) is 6.23 Å². The van der Waals surface area contributed by atoms with Gasteiger partial charge in [0.25, 0.3) is 0 Å². The highest BCUT2D eigenvalue weighted by atomic mass is 35.5. The molecule has 5 nitrogen and oxygen atoms in total. The fourth-order valence-electron chi connectivity index (χ4n) is 2.69. The Hall–Kier alpha value is -2.61. The standard InChI is InChI=1S/C17H13ClF3NO4/c1-24-12-6-4-9-13(14(12)25-2)16(23)26-15(9)22-8-3-5-11(18)10(7-8)17(19,20)21/h3-7,15,22H,1-2H3/t15-/m0/s1. The topological polar surface area (TPSA) is 56.8 Å². The van der Waals surface area contributed by atoms with Crippen molar-refractivity contribution in [3.05, 3.63) is 52.0 Å². The maximum absolute atomic E-state index is 13.0. The molecule has 1 heterocycles. The van der Waals surface area contributed by atoms with Gasteiger partial charge in [-0.3, -0.25) is 0 Å². The third kappa shape index (κ3) is 3.12. The molecular weight excluding hydrogens is 375 g/mol. The average molecular weight is 388 g/mol. The number of carbonyl (C=O) groups excluding carboxylic acids is 1. The molecule has 0 radical (unpaired) electrons. The maximum atomic E-state index is 13.0. The molecule has 1 aliphatic rings. The van der Waals surface area contributed by atoms with Crippen LogP contribution in [-0.4, -0.2) is 20.2 Å². The first-order valence-corrected chi connectivity index (χ1v) is 7.73. The molecule has 9 heteroatoms. The molecule has 1 N–H and O–H groups in total. The highest BCUT2D eigenvalue weighted by Gasteiger charge is 2.37. The minimum Gasteiger partial charge on any atom is -0.493 e. The summed E-state index contributed by atoms with van der Waals surface area (Å²) in [6.07, 6.45) is -5.57. The number of esters is 1. The van der Waals surface area contributed by atoms with E-state index in [1.54, 1.807) is 12.1 Å². The molecule has 1 atom stereocenters. The van der Waals surface area contributed by atoms with Crippen molar-refractivity contribution in [3.63, 3.8) is 0 Å². The molecule has 0 aromatic heterocycles. The average Bonchev–Trinajstić information content (AvgIpc) is 2.90. The summed E-state index contributed by atoms with van der Waals surface area (Å²) in [6, 6.07) is 6.51. The Kier molecular flexibility index (Phi) is 4.62. The van der Waals surface area contributed by atoms with Crippen molar-refractivity contribution in [3.8, 4) is 11.5 Å². The molecule has 0 amide bonds. The van der Waals surface area contributed by atoms with Crippen LogP contribution in [-0.2, 0) is 10.9 Å². The fraction of sp³-hybridized carbons (Fsp3) is 0.235. The molecule has 0 unspecified atom stereocenters. The third-order valence-corrected chi connectivity index (χ3v) is 4.19. The van der Waals surface area contributed by atoms with Crippen molar-refractivity contribution in [1.82, 2.24) is 0 Å². The Labute approximate surface area is 151 Å². The van der Waals surface area contributed by atoms with Gasteiger partial charge in [-0.05, 0) is 30.3 Å². The Bertz CT molecular complexity index is 870. The lowest BCUT2D eigenvalue weighted by Gasteiger charge is -2.17. The molecule has 2 aromatic carbocycles. The Morgan fingerprint density at radius 2 is 1.88 bits per heavy atom. The summed E-state index contributed by atoms with van der Waals surface area (Å²) in [5.41, 5.74) is -0.297. The summed E-state index contributed by atoms with van der Waals surface area (Å²) in [5, 5.41) is 2.34. The van der Waals surface area contributed by atoms with E-state index < -0.39 is 29.0 Å². The normalized spacial score (nSPS) is 16.1. The van der Waals surface area contributed by atoms with Gasteiger partial charge in [0, 0.05) is 11.3 Å². The molecule has 0 fully saturated rings. The zero-order valence-corrected chi connectivity index (χ0v) is 14.4. The zero-order chi connectivity index (χ0) is 19.1. The maximum Gasteiger partial charge on any atom is 0.417 e. The Morgan fingerprint density at radius 3 is 2.50 bits per heavy atom. The molecule has 2 aromatic rings. The van der Waals surface area contributed by atoms with Crippen molar-refractivity contribution in [1.29, 1.82) is 0 Å². The van der Waals surface area contributed by atoms with Gasteiger partial charge in [-0.2, -0.15) is 13.2 Å². The number of halogens is 4. The largest absolute Gasteiger partial charge is 0.493 e. The van der Waals surface area contributed by atoms with Gasteiger partial charge in [-0.1, -0.05) is 11.6 Å². The molecular formula is C17H13ClF3NO4. The van der Waals surface area contributed by atoms with Gasteiger partial charge in [-0.15, -0.1) is 0 Å². The minimum atomic E-state index is -4.60. The number of nitrogens with one attached hydrogen (secondary N) is 1. The quantitative estimate of drug-likeness (QED) is 0.773. The SMILES string of the molecule is COc1ccc2c(c1OC)C(=O)O[C@@H]2Nc1ccc(Cl)c(C(F)(F)F)c1. The first-order chi connectivity index (χ1) is 12.3. The highest BCUT2D eigenvalue weighted by molar-refractivity contribution is 6.31. The lowest BCUT2D eigenvalue weighted by molar-refractivity contribution is -0.137. The number of hydrogen-bond donors (Lipinski definition) is 1. The molecule has 0 spiro atoms. The third-order valence-electron chi connectivity index (χ3n) is 3.86. The summed E-state index contributed by atoms with van der Waals surface area (Å²) >= 11 is 5.61. The van der Waals surface area contributed by atoms with Crippen LogP contribution in [0.5, 0.6) is 11.5 Å². The van der Waals surface area contributed by atoms with Gasteiger partial charge in [0.05, 0.1) is 24.8 Å². The summed E-state index contributed by atoms with van der Waals surface area (Å²) in [7, 11) is 2.80. The lowest BCUT2D eigenvalue weighted by Crippen LogP contribution is -2.12. The van der Waals surface area contributed by atoms with Crippen LogP contribution in [0.3, 0.4) is 0 Å². The van der Waals surface area contributed by atoms with Crippen LogP contribution in [0.4, 0.5) is 18.9 Å². The number of benzene rings is 2. The molecule has 0 saturated heterocycles. The van der Waals surface area contributed by atoms with Gasteiger partial charge in [0.1, 0.15) is 5.56 Å². The van der Waals surface area contributed by atoms with Crippen molar-refractivity contribution in [2.75, 3.05) is 19.5 Å². The second-order valence-electron chi connectivity index (χ2n) is 5.39. The van der Waals surface area contributed by atoms with E-state index in [0.717, 1.165) is 12.1 Å². The summed E-state index contributed by atoms with van der Waals surface area (Å²) in [4.78, 5) is 12.2. The van der Waals surface area contributed by atoms with Gasteiger partial charge in [0.15, 0.2) is 11.5 Å². The Balaban J connectivity index is 1.97. The first kappa shape index (κ1) is 18.2. The van der Waals surface area contributed by atoms with E-state index in [-0.39, 0.29) is 17.0 Å². The van der Waals surface area contributed by atoms with Crippen LogP contribution >= 0.6 is 11.6 Å². The molecule has 1 aliphatic heterocycles. The van der Waals surface area contributed by atoms with E-state index in [0.29, 0.717) is 11.3 Å². The van der Waals surface area contributed by atoms with Crippen LogP contribution in [0, 0.1) is 0 Å². The zero-order valence-electron chi connectivity index (χ0n) is 13.6. The number of rotatable bonds is 4. The van der Waals surface area contributed by atoms with Gasteiger partial charge >= 0.3 is 12.1 Å². The predicted molar refractivity (Wildman–Crippen MR) is 87.8 cm³/mol. The number of methoxy groups -OCH3 is 2. The van der Waals surface area contributed by atoms with Gasteiger partial charge in [-0.25, -0.2) is 4.79 Å². The summed E-state index contributed by atoms with van der Waals surface area (Å²) in [6.45, 7) is 0. The second kappa shape index (κ2) is 6.60. The number of carbonyl (C=O) groups is 1. The predicted octanol–water partition coefficient (Wildman–Crippen LogP) is 4.66. The number of alkyl halides is 3. The second-order valence-corrected chi connectivity index (χ2v) is 5.79. The van der Waals surface area contributed by atoms with E-state index in [9.17, 15) is 18.0 Å². The van der Waals surface area contributed by atoms with E-state index in [1.165, 1.54) is 20.3 Å². The molecule has 138 valence electrons. The van der Waals surface area contributed by atoms with E-state index in [1.807, 2.05) is 0 Å². The van der Waals surface area contributed by atoms with Crippen LogP contribution in [0.25, 0.3) is 0 Å². The van der Waals surface area contributed by atoms with Crippen LogP contribution in [0.15, 0.2) is 30.3 Å². The number of hydrogen-bond acceptors (Lipinski definition) is 5. The Morgan fingerprint density at radius 1 is 1.15 bits per heavy atom. The summed E-state index contributed by atoms with van der Waals surface area (Å²) in [5.74, 6) is -0.126. The van der Waals surface area contributed by atoms with Crippen molar-refractivity contribution in [2.24, 2.45) is 0 Å². The highest BCUT2D eigenvalue weighted by Crippen LogP contribution is 2.43. The minimum absolute atomic E-state index is 0.0992. The number of anilines is 1. The number of fused-ring (bicyclic) bond motifs is 1. The molecule has 0 bridgehead atoms. The van der Waals surface area contributed by atoms with Crippen LogP contribution in [0.2, 0.25) is 5.02 Å². The molecule has 0 aliphatic carbocycles. The molecule has 3 rings (SSSR count). The number of ether oxygens (including phenoxy) is 3. The number of cyclic esters (lactones) is 1. The first-order valence-electron chi connectivity index (χ1n) is 7.35. The lowest BCUT2D eigenvalue weighted by atomic mass is 10.1. The van der Waals surface area contributed by atoms with Crippen LogP contribution in [0.1, 0.15) is 27.7 Å². The van der Waals surface area contributed by atoms with Crippen molar-refractivity contribution >= 4 is 23.3 Å². The smallest absolute Gasteiger partial charge is 0.417 e. The van der Waals surface area contributed by atoms with Gasteiger partial charge < -0.3 is 19.5 Å².